The third kappa shape index (κ3) is 3.71. The summed E-state index contributed by atoms with van der Waals surface area (Å²) in [6, 6.07) is 16.4. The van der Waals surface area contributed by atoms with Crippen LogP contribution in [0.3, 0.4) is 0 Å². The summed E-state index contributed by atoms with van der Waals surface area (Å²) >= 11 is 0. The average molecular weight is 408 g/mol. The van der Waals surface area contributed by atoms with Crippen molar-refractivity contribution in [2.75, 3.05) is 0 Å². The minimum atomic E-state index is 0. The molecule has 0 spiro atoms. The number of nitrogens with one attached hydrogen (secondary N) is 2. The first-order valence-corrected chi connectivity index (χ1v) is 7.85. The van der Waals surface area contributed by atoms with E-state index in [1.54, 1.807) is 0 Å². The van der Waals surface area contributed by atoms with E-state index in [-0.39, 0.29) is 27.0 Å². The fourth-order valence-corrected chi connectivity index (χ4v) is 2.94. The van der Waals surface area contributed by atoms with E-state index in [0.717, 1.165) is 44.8 Å². The molecule has 0 fully saturated rings. The van der Waals surface area contributed by atoms with Crippen LogP contribution in [0.1, 0.15) is 22.8 Å². The monoisotopic (exact) mass is 407 g/mol. The Balaban J connectivity index is 0.000000980. The normalized spacial score (nSPS) is 11.7. The Morgan fingerprint density at radius 1 is 0.500 bits per heavy atom. The first-order chi connectivity index (χ1) is 11.8. The number of fused-ring (bicyclic) bond motifs is 8. The van der Waals surface area contributed by atoms with Crippen LogP contribution in [-0.4, -0.2) is 19.9 Å². The molecule has 2 aliphatic rings. The van der Waals surface area contributed by atoms with Crippen LogP contribution in [0.25, 0.3) is 46.4 Å². The van der Waals surface area contributed by atoms with Gasteiger partial charge in [-0.15, -0.1) is 0 Å². The molecule has 3 aromatic rings. The summed E-state index contributed by atoms with van der Waals surface area (Å²) in [5.41, 5.74) is 7.86. The van der Waals surface area contributed by atoms with Crippen LogP contribution in [0, 0.1) is 0 Å². The van der Waals surface area contributed by atoms with Gasteiger partial charge in [-0.3, -0.25) is 0 Å². The van der Waals surface area contributed by atoms with E-state index in [1.165, 1.54) is 0 Å². The topological polar surface area (TPSA) is 57.4 Å². The number of aromatic nitrogens is 4. The molecule has 0 saturated heterocycles. The molecule has 3 aromatic heterocycles. The van der Waals surface area contributed by atoms with Crippen molar-refractivity contribution in [3.05, 3.63) is 71.3 Å². The van der Waals surface area contributed by atoms with Gasteiger partial charge in [-0.2, -0.15) is 9.90 Å². The Morgan fingerprint density at radius 2 is 0.846 bits per heavy atom. The largest absolute Gasteiger partial charge is 0.355 e. The van der Waals surface area contributed by atoms with Crippen LogP contribution in [0.4, 0.5) is 0 Å². The van der Waals surface area contributed by atoms with Crippen LogP contribution < -0.4 is 0 Å². The SMILES string of the molecule is C1=Cc2cc3ccc(cc4ccc(cc5nc(cc1n2)C=C5)[nH]4)[nH]3.P.[Cu]. The van der Waals surface area contributed by atoms with Crippen molar-refractivity contribution in [1.82, 2.24) is 19.9 Å². The van der Waals surface area contributed by atoms with Crippen LogP contribution in [0.2, 0.25) is 0 Å². The Bertz CT molecular complexity index is 1080. The maximum atomic E-state index is 4.62. The second kappa shape index (κ2) is 7.43. The standard InChI is InChI=1S/C20H14N4.Cu.H3P/c1-2-14-10-16-5-6-18(23-16)12-20-8-7-19(24-20)11-17-4-3-15(22-17)9-13(1)21-14;;/h1-12,21-22H;;1H3. The van der Waals surface area contributed by atoms with Gasteiger partial charge in [-0.1, -0.05) is 0 Å². The van der Waals surface area contributed by atoms with E-state index < -0.39 is 0 Å². The van der Waals surface area contributed by atoms with Gasteiger partial charge >= 0.3 is 0 Å². The van der Waals surface area contributed by atoms with Crippen molar-refractivity contribution >= 4 is 56.3 Å². The van der Waals surface area contributed by atoms with Crippen molar-refractivity contribution in [3.63, 3.8) is 0 Å². The summed E-state index contributed by atoms with van der Waals surface area (Å²) in [5.74, 6) is 0. The van der Waals surface area contributed by atoms with Crippen LogP contribution >= 0.6 is 9.90 Å². The molecule has 0 amide bonds. The minimum Gasteiger partial charge on any atom is -0.355 e. The fraction of sp³-hybridized carbons (Fsp3) is 0. The van der Waals surface area contributed by atoms with Crippen LogP contribution in [0.5, 0.6) is 0 Å². The van der Waals surface area contributed by atoms with Gasteiger partial charge in [0.25, 0.3) is 0 Å². The van der Waals surface area contributed by atoms with Crippen molar-refractivity contribution in [2.24, 2.45) is 0 Å². The molecule has 5 heterocycles. The predicted octanol–water partition coefficient (Wildman–Crippen LogP) is 4.71. The molecule has 133 valence electrons. The first-order valence-electron chi connectivity index (χ1n) is 7.85. The smallest absolute Gasteiger partial charge is 0.0659 e. The average Bonchev–Trinajstić information content (AvgIpc) is 3.32. The molecule has 1 radical (unpaired) electrons. The Kier molecular flexibility index (Phi) is 5.24. The quantitative estimate of drug-likeness (QED) is 0.288. The van der Waals surface area contributed by atoms with Crippen molar-refractivity contribution in [3.8, 4) is 0 Å². The van der Waals surface area contributed by atoms with Gasteiger partial charge in [0.2, 0.25) is 0 Å². The van der Waals surface area contributed by atoms with E-state index in [4.69, 9.17) is 0 Å². The second-order valence-electron chi connectivity index (χ2n) is 5.91. The Hall–Kier alpha value is -2.45. The number of nitrogens with zero attached hydrogens (tertiary/aromatic N) is 2. The molecule has 26 heavy (non-hydrogen) atoms. The molecular formula is C20H17CuN4P. The molecule has 1 atom stereocenters. The zero-order valence-corrected chi connectivity index (χ0v) is 16.2. The summed E-state index contributed by atoms with van der Waals surface area (Å²) in [6.07, 6.45) is 8.05. The zero-order chi connectivity index (χ0) is 15.9. The van der Waals surface area contributed by atoms with Crippen molar-refractivity contribution in [2.45, 2.75) is 0 Å². The molecule has 6 heteroatoms. The number of rotatable bonds is 0. The first kappa shape index (κ1) is 18.3. The number of hydrogen-bond acceptors (Lipinski definition) is 2. The van der Waals surface area contributed by atoms with Gasteiger partial charge in [0.15, 0.2) is 0 Å². The van der Waals surface area contributed by atoms with E-state index in [2.05, 4.69) is 50.3 Å². The molecule has 4 nitrogen and oxygen atoms in total. The van der Waals surface area contributed by atoms with Gasteiger partial charge in [0, 0.05) is 39.1 Å². The van der Waals surface area contributed by atoms with E-state index in [1.807, 2.05) is 42.5 Å². The number of aromatic amines is 2. The summed E-state index contributed by atoms with van der Waals surface area (Å²) in [4.78, 5) is 16.0. The fourth-order valence-electron chi connectivity index (χ4n) is 2.94. The Labute approximate surface area is 164 Å². The van der Waals surface area contributed by atoms with E-state index >= 15 is 0 Å². The molecule has 5 rings (SSSR count). The van der Waals surface area contributed by atoms with Gasteiger partial charge in [-0.05, 0) is 72.8 Å². The van der Waals surface area contributed by atoms with E-state index in [0.29, 0.717) is 0 Å². The molecule has 0 saturated carbocycles. The molecule has 8 bridgehead atoms. The summed E-state index contributed by atoms with van der Waals surface area (Å²) in [5, 5.41) is 0. The summed E-state index contributed by atoms with van der Waals surface area (Å²) < 4.78 is 0. The summed E-state index contributed by atoms with van der Waals surface area (Å²) in [7, 11) is 0. The second-order valence-corrected chi connectivity index (χ2v) is 5.91. The molecule has 2 N–H and O–H groups in total. The van der Waals surface area contributed by atoms with Gasteiger partial charge < -0.3 is 9.97 Å². The molecule has 1 unspecified atom stereocenters. The van der Waals surface area contributed by atoms with Crippen LogP contribution in [-0.2, 0) is 17.1 Å². The van der Waals surface area contributed by atoms with Crippen LogP contribution in [0.15, 0.2) is 48.5 Å². The number of hydrogen-bond donors (Lipinski definition) is 2. The third-order valence-corrected chi connectivity index (χ3v) is 4.04. The summed E-state index contributed by atoms with van der Waals surface area (Å²) in [6.45, 7) is 0. The third-order valence-electron chi connectivity index (χ3n) is 4.04. The minimum absolute atomic E-state index is 0. The van der Waals surface area contributed by atoms with E-state index in [9.17, 15) is 0 Å². The maximum Gasteiger partial charge on any atom is 0.0659 e. The molecule has 0 aromatic carbocycles. The number of H-pyrrole nitrogens is 2. The molecular weight excluding hydrogens is 391 g/mol. The van der Waals surface area contributed by atoms with Crippen molar-refractivity contribution < 1.29 is 17.1 Å². The molecule has 2 aliphatic heterocycles. The predicted molar refractivity (Wildman–Crippen MR) is 110 cm³/mol. The maximum absolute atomic E-state index is 4.62. The van der Waals surface area contributed by atoms with Gasteiger partial charge in [-0.25, -0.2) is 9.97 Å². The van der Waals surface area contributed by atoms with Gasteiger partial charge in [0.1, 0.15) is 0 Å². The van der Waals surface area contributed by atoms with Gasteiger partial charge in [0.05, 0.1) is 22.8 Å². The van der Waals surface area contributed by atoms with Crippen molar-refractivity contribution in [1.29, 1.82) is 0 Å². The molecule has 0 aliphatic carbocycles. The zero-order valence-electron chi connectivity index (χ0n) is 13.8. The Morgan fingerprint density at radius 3 is 1.27 bits per heavy atom.